The summed E-state index contributed by atoms with van der Waals surface area (Å²) in [6, 6.07) is 10.1. The molecule has 0 aliphatic heterocycles. The van der Waals surface area contributed by atoms with E-state index in [-0.39, 0.29) is 17.4 Å². The van der Waals surface area contributed by atoms with Crippen LogP contribution in [0.3, 0.4) is 0 Å². The van der Waals surface area contributed by atoms with Gasteiger partial charge in [0.05, 0.1) is 6.04 Å². The predicted molar refractivity (Wildman–Crippen MR) is 66.5 cm³/mol. The molecule has 0 fully saturated rings. The van der Waals surface area contributed by atoms with Crippen molar-refractivity contribution in [2.24, 2.45) is 0 Å². The van der Waals surface area contributed by atoms with Crippen LogP contribution < -0.4 is 5.32 Å². The lowest BCUT2D eigenvalue weighted by molar-refractivity contribution is 0.475. The highest BCUT2D eigenvalue weighted by Crippen LogP contribution is 2.24. The maximum absolute atomic E-state index is 13.6. The Labute approximate surface area is 104 Å². The van der Waals surface area contributed by atoms with Gasteiger partial charge in [-0.1, -0.05) is 12.1 Å². The molecule has 0 aromatic heterocycles. The normalized spacial score (nSPS) is 12.2. The first-order valence-electron chi connectivity index (χ1n) is 5.57. The molecule has 18 heavy (non-hydrogen) atoms. The number of hydrogen-bond donors (Lipinski definition) is 2. The first kappa shape index (κ1) is 12.4. The Morgan fingerprint density at radius 2 is 1.72 bits per heavy atom. The number of phenols is 1. The zero-order chi connectivity index (χ0) is 13.1. The van der Waals surface area contributed by atoms with Crippen molar-refractivity contribution in [3.63, 3.8) is 0 Å². The fourth-order valence-corrected chi connectivity index (χ4v) is 1.74. The zero-order valence-corrected chi connectivity index (χ0v) is 9.82. The Morgan fingerprint density at radius 1 is 1.06 bits per heavy atom. The second-order valence-electron chi connectivity index (χ2n) is 4.06. The molecule has 0 aliphatic rings. The van der Waals surface area contributed by atoms with Gasteiger partial charge < -0.3 is 10.4 Å². The minimum absolute atomic E-state index is 0.158. The molecule has 0 heterocycles. The number of nitrogens with one attached hydrogen (secondary N) is 1. The minimum Gasteiger partial charge on any atom is -0.508 e. The molecular formula is C14H13F2NO. The molecule has 0 spiro atoms. The molecule has 2 nitrogen and oxygen atoms in total. The van der Waals surface area contributed by atoms with Crippen molar-refractivity contribution < 1.29 is 13.9 Å². The summed E-state index contributed by atoms with van der Waals surface area (Å²) in [4.78, 5) is 0. The second kappa shape index (κ2) is 5.04. The van der Waals surface area contributed by atoms with E-state index in [4.69, 9.17) is 5.11 Å². The monoisotopic (exact) mass is 249 g/mol. The van der Waals surface area contributed by atoms with Crippen molar-refractivity contribution in [1.29, 1.82) is 0 Å². The maximum Gasteiger partial charge on any atom is 0.164 e. The fourth-order valence-electron chi connectivity index (χ4n) is 1.74. The number of aromatic hydroxyl groups is 1. The summed E-state index contributed by atoms with van der Waals surface area (Å²) in [6.07, 6.45) is 0. The molecule has 1 atom stereocenters. The van der Waals surface area contributed by atoms with Gasteiger partial charge in [-0.25, -0.2) is 8.78 Å². The first-order valence-corrected chi connectivity index (χ1v) is 5.57. The summed E-state index contributed by atoms with van der Waals surface area (Å²) in [7, 11) is 0. The lowest BCUT2D eigenvalue weighted by Crippen LogP contribution is -2.09. The van der Waals surface area contributed by atoms with E-state index in [1.165, 1.54) is 24.3 Å². The first-order chi connectivity index (χ1) is 8.58. The Morgan fingerprint density at radius 3 is 2.39 bits per heavy atom. The van der Waals surface area contributed by atoms with E-state index in [0.717, 1.165) is 11.8 Å². The lowest BCUT2D eigenvalue weighted by atomic mass is 10.1. The summed E-state index contributed by atoms with van der Waals surface area (Å²) in [5.41, 5.74) is 0.993. The average molecular weight is 249 g/mol. The molecule has 2 aromatic rings. The van der Waals surface area contributed by atoms with Gasteiger partial charge in [-0.3, -0.25) is 0 Å². The molecule has 2 aromatic carbocycles. The van der Waals surface area contributed by atoms with Crippen molar-refractivity contribution in [3.05, 3.63) is 59.7 Å². The van der Waals surface area contributed by atoms with Crippen LogP contribution in [-0.4, -0.2) is 5.11 Å². The van der Waals surface area contributed by atoms with Crippen LogP contribution in [0.15, 0.2) is 42.5 Å². The van der Waals surface area contributed by atoms with Crippen LogP contribution in [0.25, 0.3) is 0 Å². The Hall–Kier alpha value is -2.10. The van der Waals surface area contributed by atoms with E-state index < -0.39 is 11.6 Å². The quantitative estimate of drug-likeness (QED) is 0.810. The Kier molecular flexibility index (Phi) is 3.46. The van der Waals surface area contributed by atoms with Gasteiger partial charge in [0.25, 0.3) is 0 Å². The van der Waals surface area contributed by atoms with Crippen LogP contribution in [0.2, 0.25) is 0 Å². The van der Waals surface area contributed by atoms with Gasteiger partial charge in [0.1, 0.15) is 5.75 Å². The van der Waals surface area contributed by atoms with E-state index in [0.29, 0.717) is 0 Å². The van der Waals surface area contributed by atoms with Crippen LogP contribution in [0.4, 0.5) is 14.5 Å². The number of halogens is 2. The number of anilines is 1. The molecule has 0 saturated heterocycles. The van der Waals surface area contributed by atoms with Crippen molar-refractivity contribution in [1.82, 2.24) is 0 Å². The van der Waals surface area contributed by atoms with Gasteiger partial charge in [0.15, 0.2) is 11.6 Å². The second-order valence-corrected chi connectivity index (χ2v) is 4.06. The highest BCUT2D eigenvalue weighted by atomic mass is 19.2. The van der Waals surface area contributed by atoms with E-state index in [2.05, 4.69) is 5.32 Å². The van der Waals surface area contributed by atoms with Crippen LogP contribution in [-0.2, 0) is 0 Å². The summed E-state index contributed by atoms with van der Waals surface area (Å²) in [5, 5.41) is 12.2. The van der Waals surface area contributed by atoms with Gasteiger partial charge in [-0.2, -0.15) is 0 Å². The zero-order valence-electron chi connectivity index (χ0n) is 9.82. The van der Waals surface area contributed by atoms with Crippen LogP contribution in [0, 0.1) is 11.6 Å². The lowest BCUT2D eigenvalue weighted by Gasteiger charge is -2.16. The third-order valence-electron chi connectivity index (χ3n) is 2.70. The Balaban J connectivity index is 2.19. The fraction of sp³-hybridized carbons (Fsp3) is 0.143. The molecule has 4 heteroatoms. The SMILES string of the molecule is CC(Nc1ccc(O)cc1)c1cccc(F)c1F. The van der Waals surface area contributed by atoms with Crippen molar-refractivity contribution in [3.8, 4) is 5.75 Å². The number of benzene rings is 2. The van der Waals surface area contributed by atoms with Gasteiger partial charge in [-0.15, -0.1) is 0 Å². The third kappa shape index (κ3) is 2.59. The van der Waals surface area contributed by atoms with Crippen molar-refractivity contribution >= 4 is 5.69 Å². The number of phenolic OH excluding ortho intramolecular Hbond substituents is 1. The molecule has 94 valence electrons. The topological polar surface area (TPSA) is 32.3 Å². The van der Waals surface area contributed by atoms with Crippen LogP contribution >= 0.6 is 0 Å². The van der Waals surface area contributed by atoms with E-state index in [9.17, 15) is 8.78 Å². The van der Waals surface area contributed by atoms with E-state index in [1.54, 1.807) is 19.1 Å². The minimum atomic E-state index is -0.855. The smallest absolute Gasteiger partial charge is 0.164 e. The Bertz CT molecular complexity index is 540. The molecule has 0 radical (unpaired) electrons. The van der Waals surface area contributed by atoms with Crippen LogP contribution in [0.5, 0.6) is 5.75 Å². The molecule has 0 aliphatic carbocycles. The predicted octanol–water partition coefficient (Wildman–Crippen LogP) is 3.84. The highest BCUT2D eigenvalue weighted by Gasteiger charge is 2.13. The van der Waals surface area contributed by atoms with Gasteiger partial charge in [0, 0.05) is 11.3 Å². The van der Waals surface area contributed by atoms with Gasteiger partial charge in [0.2, 0.25) is 0 Å². The molecule has 2 N–H and O–H groups in total. The van der Waals surface area contributed by atoms with Crippen LogP contribution in [0.1, 0.15) is 18.5 Å². The summed E-state index contributed by atoms with van der Waals surface area (Å²) in [5.74, 6) is -1.53. The number of hydrogen-bond acceptors (Lipinski definition) is 2. The highest BCUT2D eigenvalue weighted by molar-refractivity contribution is 5.47. The summed E-state index contributed by atoms with van der Waals surface area (Å²) < 4.78 is 26.7. The molecule has 0 amide bonds. The van der Waals surface area contributed by atoms with E-state index in [1.807, 2.05) is 0 Å². The molecule has 0 saturated carbocycles. The maximum atomic E-state index is 13.6. The van der Waals surface area contributed by atoms with Crippen molar-refractivity contribution in [2.45, 2.75) is 13.0 Å². The van der Waals surface area contributed by atoms with E-state index >= 15 is 0 Å². The largest absolute Gasteiger partial charge is 0.508 e. The third-order valence-corrected chi connectivity index (χ3v) is 2.70. The molecule has 1 unspecified atom stereocenters. The van der Waals surface area contributed by atoms with Gasteiger partial charge >= 0.3 is 0 Å². The summed E-state index contributed by atoms with van der Waals surface area (Å²) in [6.45, 7) is 1.74. The molecule has 0 bridgehead atoms. The molecule has 2 rings (SSSR count). The van der Waals surface area contributed by atoms with Gasteiger partial charge in [-0.05, 0) is 37.3 Å². The number of rotatable bonds is 3. The van der Waals surface area contributed by atoms with Crippen molar-refractivity contribution in [2.75, 3.05) is 5.32 Å². The standard InChI is InChI=1S/C14H13F2NO/c1-9(12-3-2-4-13(15)14(12)16)17-10-5-7-11(18)8-6-10/h2-9,17-18H,1H3. The average Bonchev–Trinajstić information content (AvgIpc) is 2.35. The molecular weight excluding hydrogens is 236 g/mol. The summed E-state index contributed by atoms with van der Waals surface area (Å²) >= 11 is 0.